The maximum atomic E-state index is 11.9. The van der Waals surface area contributed by atoms with Crippen LogP contribution in [-0.2, 0) is 4.74 Å². The molecule has 0 aliphatic carbocycles. The highest BCUT2D eigenvalue weighted by molar-refractivity contribution is 5.90. The number of benzene rings is 1. The fraction of sp³-hybridized carbons (Fsp3) is 0.500. The van der Waals surface area contributed by atoms with E-state index < -0.39 is 0 Å². The van der Waals surface area contributed by atoms with Crippen LogP contribution in [0.4, 0.5) is 10.5 Å². The standard InChI is InChI=1S/C18H28N2O2/c1-5-8-14(2)16-10-9-15(3)17(13-16)20-18(21)19-11-6-7-12-22-4/h8-10,13H,5-7,11-12H2,1-4H3,(H2,19,20,21)/b14-8+. The quantitative estimate of drug-likeness (QED) is 0.701. The van der Waals surface area contributed by atoms with E-state index in [1.54, 1.807) is 7.11 Å². The number of hydrogen-bond donors (Lipinski definition) is 2. The van der Waals surface area contributed by atoms with Gasteiger partial charge >= 0.3 is 6.03 Å². The largest absolute Gasteiger partial charge is 0.385 e. The van der Waals surface area contributed by atoms with Gasteiger partial charge in [-0.15, -0.1) is 0 Å². The highest BCUT2D eigenvalue weighted by Crippen LogP contribution is 2.22. The summed E-state index contributed by atoms with van der Waals surface area (Å²) in [5.74, 6) is 0. The van der Waals surface area contributed by atoms with Crippen molar-refractivity contribution in [2.24, 2.45) is 0 Å². The molecule has 0 atom stereocenters. The molecule has 0 unspecified atom stereocenters. The first-order valence-electron chi connectivity index (χ1n) is 7.90. The monoisotopic (exact) mass is 304 g/mol. The Morgan fingerprint density at radius 3 is 2.77 bits per heavy atom. The summed E-state index contributed by atoms with van der Waals surface area (Å²) >= 11 is 0. The van der Waals surface area contributed by atoms with Gasteiger partial charge in [-0.1, -0.05) is 25.1 Å². The van der Waals surface area contributed by atoms with Gasteiger partial charge in [-0.05, 0) is 55.9 Å². The summed E-state index contributed by atoms with van der Waals surface area (Å²) in [6, 6.07) is 6.00. The first-order valence-corrected chi connectivity index (χ1v) is 7.90. The molecule has 4 nitrogen and oxygen atoms in total. The van der Waals surface area contributed by atoms with Crippen LogP contribution in [0.25, 0.3) is 5.57 Å². The van der Waals surface area contributed by atoms with Crippen LogP contribution in [0.3, 0.4) is 0 Å². The van der Waals surface area contributed by atoms with Crippen LogP contribution in [0.1, 0.15) is 44.2 Å². The second-order valence-electron chi connectivity index (χ2n) is 5.41. The fourth-order valence-corrected chi connectivity index (χ4v) is 2.17. The lowest BCUT2D eigenvalue weighted by atomic mass is 10.0. The molecule has 1 aromatic rings. The van der Waals surface area contributed by atoms with Gasteiger partial charge in [0.25, 0.3) is 0 Å². The number of amides is 2. The number of hydrogen-bond acceptors (Lipinski definition) is 2. The van der Waals surface area contributed by atoms with Crippen LogP contribution in [0.2, 0.25) is 0 Å². The third kappa shape index (κ3) is 6.31. The summed E-state index contributed by atoms with van der Waals surface area (Å²) in [6.07, 6.45) is 5.06. The minimum atomic E-state index is -0.158. The second kappa shape index (κ2) is 10.0. The van der Waals surface area contributed by atoms with E-state index in [0.29, 0.717) is 6.54 Å². The van der Waals surface area contributed by atoms with Gasteiger partial charge in [0.2, 0.25) is 0 Å². The van der Waals surface area contributed by atoms with Crippen molar-refractivity contribution in [1.29, 1.82) is 0 Å². The number of anilines is 1. The number of carbonyl (C=O) groups excluding carboxylic acids is 1. The number of carbonyl (C=O) groups is 1. The van der Waals surface area contributed by atoms with E-state index in [1.165, 1.54) is 5.57 Å². The maximum Gasteiger partial charge on any atom is 0.319 e. The number of unbranched alkanes of at least 4 members (excludes halogenated alkanes) is 1. The van der Waals surface area contributed by atoms with Crippen molar-refractivity contribution in [1.82, 2.24) is 5.32 Å². The SMILES string of the molecule is CC/C=C(\C)c1ccc(C)c(NC(=O)NCCCCOC)c1. The molecular weight excluding hydrogens is 276 g/mol. The van der Waals surface area contributed by atoms with Crippen LogP contribution < -0.4 is 10.6 Å². The molecule has 0 saturated heterocycles. The number of ether oxygens (including phenoxy) is 1. The van der Waals surface area contributed by atoms with Crippen molar-refractivity contribution in [3.05, 3.63) is 35.4 Å². The molecule has 122 valence electrons. The lowest BCUT2D eigenvalue weighted by Gasteiger charge is -2.12. The Morgan fingerprint density at radius 1 is 1.32 bits per heavy atom. The average molecular weight is 304 g/mol. The molecule has 0 aliphatic heterocycles. The van der Waals surface area contributed by atoms with Crippen molar-refractivity contribution >= 4 is 17.3 Å². The molecule has 1 rings (SSSR count). The van der Waals surface area contributed by atoms with Gasteiger partial charge in [-0.25, -0.2) is 4.79 Å². The molecule has 0 saturated carbocycles. The Labute approximate surface area is 133 Å². The summed E-state index contributed by atoms with van der Waals surface area (Å²) in [7, 11) is 1.69. The molecule has 1 aromatic carbocycles. The molecule has 0 spiro atoms. The third-order valence-corrected chi connectivity index (χ3v) is 3.51. The van der Waals surface area contributed by atoms with E-state index in [9.17, 15) is 4.79 Å². The Balaban J connectivity index is 2.59. The Morgan fingerprint density at radius 2 is 2.09 bits per heavy atom. The van der Waals surface area contributed by atoms with Crippen LogP contribution >= 0.6 is 0 Å². The average Bonchev–Trinajstić information content (AvgIpc) is 2.49. The first kappa shape index (κ1) is 18.2. The number of urea groups is 1. The summed E-state index contributed by atoms with van der Waals surface area (Å²) < 4.78 is 4.98. The number of methoxy groups -OCH3 is 1. The third-order valence-electron chi connectivity index (χ3n) is 3.51. The molecule has 0 radical (unpaired) electrons. The molecule has 0 bridgehead atoms. The van der Waals surface area contributed by atoms with Crippen LogP contribution in [0, 0.1) is 6.92 Å². The van der Waals surface area contributed by atoms with Crippen molar-refractivity contribution in [2.45, 2.75) is 40.0 Å². The van der Waals surface area contributed by atoms with Crippen molar-refractivity contribution in [3.63, 3.8) is 0 Å². The highest BCUT2D eigenvalue weighted by Gasteiger charge is 2.06. The van der Waals surface area contributed by atoms with Crippen LogP contribution in [-0.4, -0.2) is 26.3 Å². The highest BCUT2D eigenvalue weighted by atomic mass is 16.5. The number of rotatable bonds is 8. The molecule has 0 aliphatic rings. The Hall–Kier alpha value is -1.81. The van der Waals surface area contributed by atoms with Crippen molar-refractivity contribution in [2.75, 3.05) is 25.6 Å². The van der Waals surface area contributed by atoms with Gasteiger partial charge in [0.15, 0.2) is 0 Å². The minimum absolute atomic E-state index is 0.158. The van der Waals surface area contributed by atoms with E-state index in [1.807, 2.05) is 19.1 Å². The van der Waals surface area contributed by atoms with E-state index >= 15 is 0 Å². The predicted molar refractivity (Wildman–Crippen MR) is 93.3 cm³/mol. The smallest absolute Gasteiger partial charge is 0.319 e. The fourth-order valence-electron chi connectivity index (χ4n) is 2.17. The predicted octanol–water partition coefficient (Wildman–Crippen LogP) is 4.36. The summed E-state index contributed by atoms with van der Waals surface area (Å²) in [5.41, 5.74) is 4.28. The van der Waals surface area contributed by atoms with Crippen molar-refractivity contribution < 1.29 is 9.53 Å². The van der Waals surface area contributed by atoms with Crippen LogP contribution in [0.5, 0.6) is 0 Å². The molecule has 2 amide bonds. The molecule has 4 heteroatoms. The van der Waals surface area contributed by atoms with E-state index in [2.05, 4.69) is 36.6 Å². The first-order chi connectivity index (χ1) is 10.6. The summed E-state index contributed by atoms with van der Waals surface area (Å²) in [4.78, 5) is 11.9. The normalized spacial score (nSPS) is 11.4. The topological polar surface area (TPSA) is 50.4 Å². The molecule has 0 aromatic heterocycles. The van der Waals surface area contributed by atoms with E-state index in [-0.39, 0.29) is 6.03 Å². The van der Waals surface area contributed by atoms with Gasteiger partial charge < -0.3 is 15.4 Å². The van der Waals surface area contributed by atoms with Crippen molar-refractivity contribution in [3.8, 4) is 0 Å². The van der Waals surface area contributed by atoms with Gasteiger partial charge in [0.1, 0.15) is 0 Å². The van der Waals surface area contributed by atoms with Gasteiger partial charge in [-0.2, -0.15) is 0 Å². The number of aryl methyl sites for hydroxylation is 1. The lowest BCUT2D eigenvalue weighted by Crippen LogP contribution is -2.29. The van der Waals surface area contributed by atoms with E-state index in [4.69, 9.17) is 4.74 Å². The Bertz CT molecular complexity index is 510. The molecule has 2 N–H and O–H groups in total. The molecule has 22 heavy (non-hydrogen) atoms. The second-order valence-corrected chi connectivity index (χ2v) is 5.41. The maximum absolute atomic E-state index is 11.9. The summed E-state index contributed by atoms with van der Waals surface area (Å²) in [5, 5.41) is 5.80. The Kier molecular flexibility index (Phi) is 8.30. The zero-order chi connectivity index (χ0) is 16.4. The van der Waals surface area contributed by atoms with Gasteiger partial charge in [0, 0.05) is 25.9 Å². The number of nitrogens with one attached hydrogen (secondary N) is 2. The summed E-state index contributed by atoms with van der Waals surface area (Å²) in [6.45, 7) is 7.59. The minimum Gasteiger partial charge on any atom is -0.385 e. The lowest BCUT2D eigenvalue weighted by molar-refractivity contribution is 0.192. The number of allylic oxidation sites excluding steroid dienone is 2. The van der Waals surface area contributed by atoms with E-state index in [0.717, 1.165) is 42.7 Å². The zero-order valence-electron chi connectivity index (χ0n) is 14.2. The van der Waals surface area contributed by atoms with Gasteiger partial charge in [0.05, 0.1) is 0 Å². The molecule has 0 fully saturated rings. The molecule has 0 heterocycles. The zero-order valence-corrected chi connectivity index (χ0v) is 14.2. The molecular formula is C18H28N2O2. The van der Waals surface area contributed by atoms with Gasteiger partial charge in [-0.3, -0.25) is 0 Å². The van der Waals surface area contributed by atoms with Crippen LogP contribution in [0.15, 0.2) is 24.3 Å².